The summed E-state index contributed by atoms with van der Waals surface area (Å²) >= 11 is 0. The smallest absolute Gasteiger partial charge is 0.0578 e. The SMILES string of the molecule is CCOCC1CCCC1C(C)OCC.O.O. The summed E-state index contributed by atoms with van der Waals surface area (Å²) in [4.78, 5) is 0. The summed E-state index contributed by atoms with van der Waals surface area (Å²) in [6.45, 7) is 8.95. The molecular weight excluding hydrogens is 208 g/mol. The van der Waals surface area contributed by atoms with Crippen LogP contribution in [-0.4, -0.2) is 36.9 Å². The summed E-state index contributed by atoms with van der Waals surface area (Å²) < 4.78 is 11.2. The molecule has 0 aromatic rings. The van der Waals surface area contributed by atoms with E-state index in [9.17, 15) is 0 Å². The maximum absolute atomic E-state index is 5.68. The fourth-order valence-corrected chi connectivity index (χ4v) is 2.55. The molecule has 0 aromatic carbocycles. The van der Waals surface area contributed by atoms with Gasteiger partial charge in [-0.3, -0.25) is 0 Å². The average Bonchev–Trinajstić information content (AvgIpc) is 2.63. The van der Waals surface area contributed by atoms with Gasteiger partial charge in [-0.05, 0) is 45.4 Å². The fraction of sp³-hybridized carbons (Fsp3) is 1.00. The summed E-state index contributed by atoms with van der Waals surface area (Å²) in [5.74, 6) is 1.46. The van der Waals surface area contributed by atoms with E-state index in [4.69, 9.17) is 9.47 Å². The minimum atomic E-state index is 0. The van der Waals surface area contributed by atoms with E-state index in [1.165, 1.54) is 19.3 Å². The van der Waals surface area contributed by atoms with Gasteiger partial charge < -0.3 is 20.4 Å². The van der Waals surface area contributed by atoms with Crippen LogP contribution >= 0.6 is 0 Å². The third-order valence-electron chi connectivity index (χ3n) is 3.29. The first-order valence-electron chi connectivity index (χ1n) is 5.98. The van der Waals surface area contributed by atoms with E-state index in [1.54, 1.807) is 0 Å². The Labute approximate surface area is 98.9 Å². The van der Waals surface area contributed by atoms with Gasteiger partial charge in [-0.15, -0.1) is 0 Å². The highest BCUT2D eigenvalue weighted by atomic mass is 16.5. The molecule has 4 nitrogen and oxygen atoms in total. The molecule has 1 saturated carbocycles. The van der Waals surface area contributed by atoms with Crippen LogP contribution in [0.4, 0.5) is 0 Å². The molecule has 4 heteroatoms. The second kappa shape index (κ2) is 10.0. The van der Waals surface area contributed by atoms with Crippen LogP contribution in [0.1, 0.15) is 40.0 Å². The Morgan fingerprint density at radius 3 is 2.38 bits per heavy atom. The Morgan fingerprint density at radius 1 is 1.12 bits per heavy atom. The predicted octanol–water partition coefficient (Wildman–Crippen LogP) is 1.21. The van der Waals surface area contributed by atoms with Crippen molar-refractivity contribution in [2.75, 3.05) is 19.8 Å². The molecule has 1 rings (SSSR count). The van der Waals surface area contributed by atoms with Crippen LogP contribution in [0.3, 0.4) is 0 Å². The Hall–Kier alpha value is -0.160. The molecule has 0 saturated heterocycles. The molecule has 4 N–H and O–H groups in total. The Bertz CT molecular complexity index is 152. The molecule has 100 valence electrons. The molecule has 0 radical (unpaired) electrons. The minimum Gasteiger partial charge on any atom is -0.412 e. The molecule has 0 spiro atoms. The minimum absolute atomic E-state index is 0. The lowest BCUT2D eigenvalue weighted by molar-refractivity contribution is -0.000170. The molecular formula is C12H28O4. The lowest BCUT2D eigenvalue weighted by Crippen LogP contribution is -2.26. The van der Waals surface area contributed by atoms with Gasteiger partial charge in [0.25, 0.3) is 0 Å². The second-order valence-corrected chi connectivity index (χ2v) is 4.17. The van der Waals surface area contributed by atoms with Gasteiger partial charge in [0.2, 0.25) is 0 Å². The Morgan fingerprint density at radius 2 is 1.81 bits per heavy atom. The summed E-state index contributed by atoms with van der Waals surface area (Å²) in [5.41, 5.74) is 0. The monoisotopic (exact) mass is 236 g/mol. The predicted molar refractivity (Wildman–Crippen MR) is 65.6 cm³/mol. The van der Waals surface area contributed by atoms with Gasteiger partial charge >= 0.3 is 0 Å². The molecule has 3 unspecified atom stereocenters. The highest BCUT2D eigenvalue weighted by Crippen LogP contribution is 2.35. The van der Waals surface area contributed by atoms with Gasteiger partial charge in [-0.2, -0.15) is 0 Å². The van der Waals surface area contributed by atoms with Gasteiger partial charge in [-0.25, -0.2) is 0 Å². The zero-order valence-corrected chi connectivity index (χ0v) is 10.8. The van der Waals surface area contributed by atoms with E-state index < -0.39 is 0 Å². The van der Waals surface area contributed by atoms with E-state index in [-0.39, 0.29) is 11.0 Å². The number of ether oxygens (including phenoxy) is 2. The molecule has 1 aliphatic carbocycles. The summed E-state index contributed by atoms with van der Waals surface area (Å²) in [6, 6.07) is 0. The molecule has 16 heavy (non-hydrogen) atoms. The van der Waals surface area contributed by atoms with Crippen molar-refractivity contribution in [3.05, 3.63) is 0 Å². The molecule has 1 fully saturated rings. The van der Waals surface area contributed by atoms with Crippen LogP contribution in [0.5, 0.6) is 0 Å². The van der Waals surface area contributed by atoms with Crippen molar-refractivity contribution in [1.29, 1.82) is 0 Å². The van der Waals surface area contributed by atoms with Crippen molar-refractivity contribution in [3.8, 4) is 0 Å². The number of rotatable bonds is 6. The van der Waals surface area contributed by atoms with Crippen LogP contribution in [0.15, 0.2) is 0 Å². The highest BCUT2D eigenvalue weighted by Gasteiger charge is 2.31. The van der Waals surface area contributed by atoms with Crippen LogP contribution in [0.25, 0.3) is 0 Å². The topological polar surface area (TPSA) is 81.5 Å². The van der Waals surface area contributed by atoms with Crippen molar-refractivity contribution >= 4 is 0 Å². The van der Waals surface area contributed by atoms with Crippen LogP contribution in [0.2, 0.25) is 0 Å². The maximum atomic E-state index is 5.68. The first-order valence-corrected chi connectivity index (χ1v) is 5.98. The van der Waals surface area contributed by atoms with Crippen molar-refractivity contribution < 1.29 is 20.4 Å². The number of hydrogen-bond donors (Lipinski definition) is 0. The number of hydrogen-bond acceptors (Lipinski definition) is 2. The lowest BCUT2D eigenvalue weighted by atomic mass is 9.92. The first-order chi connectivity index (χ1) is 6.79. The lowest BCUT2D eigenvalue weighted by Gasteiger charge is -2.25. The zero-order chi connectivity index (χ0) is 10.4. The molecule has 0 aliphatic heterocycles. The fourth-order valence-electron chi connectivity index (χ4n) is 2.55. The van der Waals surface area contributed by atoms with E-state index in [0.29, 0.717) is 6.10 Å². The molecule has 0 aromatic heterocycles. The van der Waals surface area contributed by atoms with E-state index in [0.717, 1.165) is 31.7 Å². The van der Waals surface area contributed by atoms with Crippen LogP contribution in [-0.2, 0) is 9.47 Å². The summed E-state index contributed by atoms with van der Waals surface area (Å²) in [6.07, 6.45) is 4.40. The highest BCUT2D eigenvalue weighted by molar-refractivity contribution is 4.81. The first kappa shape index (κ1) is 18.2. The normalized spacial score (nSPS) is 25.7. The van der Waals surface area contributed by atoms with Gasteiger partial charge in [0.05, 0.1) is 6.10 Å². The third-order valence-corrected chi connectivity index (χ3v) is 3.29. The van der Waals surface area contributed by atoms with Gasteiger partial charge in [-0.1, -0.05) is 6.42 Å². The Kier molecular flexibility index (Phi) is 11.4. The summed E-state index contributed by atoms with van der Waals surface area (Å²) in [7, 11) is 0. The zero-order valence-electron chi connectivity index (χ0n) is 10.8. The van der Waals surface area contributed by atoms with E-state index >= 15 is 0 Å². The summed E-state index contributed by atoms with van der Waals surface area (Å²) in [5, 5.41) is 0. The van der Waals surface area contributed by atoms with Crippen molar-refractivity contribution in [1.82, 2.24) is 0 Å². The third kappa shape index (κ3) is 5.25. The second-order valence-electron chi connectivity index (χ2n) is 4.17. The van der Waals surface area contributed by atoms with Gasteiger partial charge in [0, 0.05) is 19.8 Å². The Balaban J connectivity index is 0. The van der Waals surface area contributed by atoms with E-state index in [2.05, 4.69) is 20.8 Å². The van der Waals surface area contributed by atoms with Gasteiger partial charge in [0.1, 0.15) is 0 Å². The van der Waals surface area contributed by atoms with E-state index in [1.807, 2.05) is 0 Å². The standard InChI is InChI=1S/C12H24O2.2H2O/c1-4-13-9-11-7-6-8-12(11)10(3)14-5-2;;/h10-12H,4-9H2,1-3H3;2*1H2. The molecule has 0 amide bonds. The molecule has 0 heterocycles. The van der Waals surface area contributed by atoms with Crippen LogP contribution < -0.4 is 0 Å². The molecule has 3 atom stereocenters. The van der Waals surface area contributed by atoms with Crippen molar-refractivity contribution in [3.63, 3.8) is 0 Å². The quantitative estimate of drug-likeness (QED) is 0.694. The average molecular weight is 236 g/mol. The molecule has 0 bridgehead atoms. The van der Waals surface area contributed by atoms with Crippen molar-refractivity contribution in [2.45, 2.75) is 46.1 Å². The van der Waals surface area contributed by atoms with Crippen LogP contribution in [0, 0.1) is 11.8 Å². The largest absolute Gasteiger partial charge is 0.412 e. The molecule has 1 aliphatic rings. The van der Waals surface area contributed by atoms with Crippen molar-refractivity contribution in [2.24, 2.45) is 11.8 Å². The van der Waals surface area contributed by atoms with Gasteiger partial charge in [0.15, 0.2) is 0 Å². The maximum Gasteiger partial charge on any atom is 0.0578 e.